The Labute approximate surface area is 127 Å². The highest BCUT2D eigenvalue weighted by atomic mass is 32.2. The summed E-state index contributed by atoms with van der Waals surface area (Å²) >= 11 is 0. The molecule has 1 saturated heterocycles. The number of nitrogens with zero attached hydrogens (tertiary/aromatic N) is 1. The molecular formula is C14H27N3O3S. The summed E-state index contributed by atoms with van der Waals surface area (Å²) in [5.41, 5.74) is 0. The summed E-state index contributed by atoms with van der Waals surface area (Å²) in [6.45, 7) is 3.06. The largest absolute Gasteiger partial charge is 0.352 e. The SMILES string of the molecule is CCS(=O)(=O)N1CCC(NC(=O)CNC2CCCC2)CC1. The molecule has 0 aromatic carbocycles. The van der Waals surface area contributed by atoms with Crippen molar-refractivity contribution in [3.63, 3.8) is 0 Å². The number of piperidine rings is 1. The number of hydrogen-bond acceptors (Lipinski definition) is 4. The molecule has 122 valence electrons. The fraction of sp³-hybridized carbons (Fsp3) is 0.929. The summed E-state index contributed by atoms with van der Waals surface area (Å²) in [7, 11) is -3.09. The lowest BCUT2D eigenvalue weighted by atomic mass is 10.1. The van der Waals surface area contributed by atoms with Crippen molar-refractivity contribution in [3.8, 4) is 0 Å². The molecule has 1 amide bonds. The Morgan fingerprint density at radius 2 is 1.71 bits per heavy atom. The Morgan fingerprint density at radius 1 is 1.10 bits per heavy atom. The number of nitrogens with one attached hydrogen (secondary N) is 2. The van der Waals surface area contributed by atoms with Crippen LogP contribution in [0.1, 0.15) is 45.4 Å². The van der Waals surface area contributed by atoms with E-state index >= 15 is 0 Å². The van der Waals surface area contributed by atoms with Gasteiger partial charge in [0.15, 0.2) is 0 Å². The summed E-state index contributed by atoms with van der Waals surface area (Å²) in [5.74, 6) is 0.175. The Morgan fingerprint density at radius 3 is 2.29 bits per heavy atom. The van der Waals surface area contributed by atoms with E-state index in [9.17, 15) is 13.2 Å². The van der Waals surface area contributed by atoms with Gasteiger partial charge in [0.05, 0.1) is 12.3 Å². The minimum atomic E-state index is -3.09. The Hall–Kier alpha value is -0.660. The summed E-state index contributed by atoms with van der Waals surface area (Å²) in [6.07, 6.45) is 6.25. The van der Waals surface area contributed by atoms with Gasteiger partial charge in [-0.3, -0.25) is 4.79 Å². The lowest BCUT2D eigenvalue weighted by Crippen LogP contribution is -2.49. The minimum absolute atomic E-state index is 0.0266. The predicted octanol–water partition coefficient (Wildman–Crippen LogP) is 0.449. The second-order valence-corrected chi connectivity index (χ2v) is 8.26. The van der Waals surface area contributed by atoms with E-state index in [0.717, 1.165) is 0 Å². The average molecular weight is 317 g/mol. The van der Waals surface area contributed by atoms with Crippen LogP contribution in [0.25, 0.3) is 0 Å². The first-order valence-corrected chi connectivity index (χ1v) is 9.62. The van der Waals surface area contributed by atoms with Gasteiger partial charge in [-0.1, -0.05) is 12.8 Å². The smallest absolute Gasteiger partial charge is 0.234 e. The van der Waals surface area contributed by atoms with Crippen molar-refractivity contribution in [2.45, 2.75) is 57.5 Å². The van der Waals surface area contributed by atoms with Gasteiger partial charge in [-0.25, -0.2) is 12.7 Å². The first-order chi connectivity index (χ1) is 10.0. The molecule has 0 atom stereocenters. The highest BCUT2D eigenvalue weighted by Gasteiger charge is 2.27. The maximum atomic E-state index is 11.9. The summed E-state index contributed by atoms with van der Waals surface area (Å²) in [6, 6.07) is 0.596. The third kappa shape index (κ3) is 4.93. The summed E-state index contributed by atoms with van der Waals surface area (Å²) in [5, 5.41) is 6.30. The Bertz CT molecular complexity index is 438. The van der Waals surface area contributed by atoms with E-state index in [-0.39, 0.29) is 17.7 Å². The second kappa shape index (κ2) is 7.56. The van der Waals surface area contributed by atoms with Crippen LogP contribution in [0.2, 0.25) is 0 Å². The van der Waals surface area contributed by atoms with E-state index in [0.29, 0.717) is 38.5 Å². The number of carbonyl (C=O) groups is 1. The first kappa shape index (κ1) is 16.7. The van der Waals surface area contributed by atoms with Gasteiger partial charge in [-0.05, 0) is 32.6 Å². The fourth-order valence-corrected chi connectivity index (χ4v) is 4.24. The van der Waals surface area contributed by atoms with Gasteiger partial charge in [0.1, 0.15) is 0 Å². The van der Waals surface area contributed by atoms with E-state index in [1.54, 1.807) is 6.92 Å². The van der Waals surface area contributed by atoms with E-state index in [1.807, 2.05) is 0 Å². The number of carbonyl (C=O) groups excluding carboxylic acids is 1. The van der Waals surface area contributed by atoms with Gasteiger partial charge in [0.25, 0.3) is 0 Å². The van der Waals surface area contributed by atoms with E-state index in [1.165, 1.54) is 30.0 Å². The zero-order valence-electron chi connectivity index (χ0n) is 12.8. The lowest BCUT2D eigenvalue weighted by molar-refractivity contribution is -0.121. The molecule has 2 aliphatic rings. The molecule has 2 N–H and O–H groups in total. The van der Waals surface area contributed by atoms with Crippen LogP contribution in [0.5, 0.6) is 0 Å². The molecule has 21 heavy (non-hydrogen) atoms. The van der Waals surface area contributed by atoms with Crippen molar-refractivity contribution in [3.05, 3.63) is 0 Å². The third-order valence-corrected chi connectivity index (χ3v) is 6.37. The zero-order valence-corrected chi connectivity index (χ0v) is 13.6. The van der Waals surface area contributed by atoms with Crippen LogP contribution in [0, 0.1) is 0 Å². The maximum absolute atomic E-state index is 11.9. The molecule has 1 aliphatic heterocycles. The molecule has 6 nitrogen and oxygen atoms in total. The molecule has 0 radical (unpaired) electrons. The van der Waals surface area contributed by atoms with Crippen LogP contribution in [0.4, 0.5) is 0 Å². The summed E-state index contributed by atoms with van der Waals surface area (Å²) in [4.78, 5) is 11.9. The van der Waals surface area contributed by atoms with Gasteiger partial charge in [0, 0.05) is 25.2 Å². The zero-order chi connectivity index (χ0) is 15.3. The van der Waals surface area contributed by atoms with Crippen LogP contribution in [-0.4, -0.2) is 56.1 Å². The first-order valence-electron chi connectivity index (χ1n) is 8.02. The molecule has 1 aliphatic carbocycles. The molecule has 1 saturated carbocycles. The second-order valence-electron chi connectivity index (χ2n) is 6.00. The fourth-order valence-electron chi connectivity index (χ4n) is 3.11. The molecule has 7 heteroatoms. The quantitative estimate of drug-likeness (QED) is 0.745. The van der Waals surface area contributed by atoms with Crippen molar-refractivity contribution in [2.24, 2.45) is 0 Å². The molecular weight excluding hydrogens is 290 g/mol. The van der Waals surface area contributed by atoms with E-state index < -0.39 is 10.0 Å². The van der Waals surface area contributed by atoms with Crippen LogP contribution in [0.15, 0.2) is 0 Å². The maximum Gasteiger partial charge on any atom is 0.234 e. The number of sulfonamides is 1. The highest BCUT2D eigenvalue weighted by Crippen LogP contribution is 2.17. The van der Waals surface area contributed by atoms with Crippen LogP contribution in [0.3, 0.4) is 0 Å². The molecule has 1 heterocycles. The number of hydrogen-bond donors (Lipinski definition) is 2. The van der Waals surface area contributed by atoms with Gasteiger partial charge >= 0.3 is 0 Å². The van der Waals surface area contributed by atoms with Crippen LogP contribution >= 0.6 is 0 Å². The molecule has 0 spiro atoms. The predicted molar refractivity (Wildman–Crippen MR) is 82.5 cm³/mol. The van der Waals surface area contributed by atoms with Crippen LogP contribution in [-0.2, 0) is 14.8 Å². The Balaban J connectivity index is 1.67. The van der Waals surface area contributed by atoms with Gasteiger partial charge in [-0.15, -0.1) is 0 Å². The number of rotatable bonds is 6. The molecule has 2 fully saturated rings. The van der Waals surface area contributed by atoms with Crippen molar-refractivity contribution in [1.82, 2.24) is 14.9 Å². The lowest BCUT2D eigenvalue weighted by Gasteiger charge is -2.31. The minimum Gasteiger partial charge on any atom is -0.352 e. The molecule has 0 unspecified atom stereocenters. The monoisotopic (exact) mass is 317 g/mol. The van der Waals surface area contributed by atoms with E-state index in [4.69, 9.17) is 0 Å². The topological polar surface area (TPSA) is 78.5 Å². The van der Waals surface area contributed by atoms with Gasteiger partial charge in [0.2, 0.25) is 15.9 Å². The molecule has 0 aromatic heterocycles. The van der Waals surface area contributed by atoms with Crippen LogP contribution < -0.4 is 10.6 Å². The van der Waals surface area contributed by atoms with Crippen molar-refractivity contribution in [1.29, 1.82) is 0 Å². The van der Waals surface area contributed by atoms with Crippen molar-refractivity contribution in [2.75, 3.05) is 25.4 Å². The summed E-state index contributed by atoms with van der Waals surface area (Å²) < 4.78 is 25.1. The molecule has 0 bridgehead atoms. The van der Waals surface area contributed by atoms with Crippen molar-refractivity contribution >= 4 is 15.9 Å². The van der Waals surface area contributed by atoms with Crippen molar-refractivity contribution < 1.29 is 13.2 Å². The molecule has 0 aromatic rings. The van der Waals surface area contributed by atoms with E-state index in [2.05, 4.69) is 10.6 Å². The van der Waals surface area contributed by atoms with Gasteiger partial charge in [-0.2, -0.15) is 0 Å². The third-order valence-electron chi connectivity index (χ3n) is 4.48. The normalized spacial score (nSPS) is 22.5. The average Bonchev–Trinajstić information content (AvgIpc) is 2.99. The standard InChI is InChI=1S/C14H27N3O3S/c1-2-21(19,20)17-9-7-13(8-10-17)16-14(18)11-15-12-5-3-4-6-12/h12-13,15H,2-11H2,1H3,(H,16,18). The molecule has 2 rings (SSSR count). The van der Waals surface area contributed by atoms with Gasteiger partial charge < -0.3 is 10.6 Å². The Kier molecular flexibility index (Phi) is 6.01. The highest BCUT2D eigenvalue weighted by molar-refractivity contribution is 7.89. The number of amides is 1.